The maximum Gasteiger partial charge on any atom is 0.335 e. The van der Waals surface area contributed by atoms with Crippen LogP contribution in [0.4, 0.5) is 0 Å². The predicted molar refractivity (Wildman–Crippen MR) is 42.4 cm³/mol. The fourth-order valence-corrected chi connectivity index (χ4v) is 0.704. The molecule has 3 N–H and O–H groups in total. The van der Waals surface area contributed by atoms with Crippen molar-refractivity contribution in [1.82, 2.24) is 0 Å². The first-order chi connectivity index (χ1) is 5.24. The van der Waals surface area contributed by atoms with Gasteiger partial charge in [-0.15, -0.1) is 0 Å². The number of rotatable bonds is 2. The molecule has 0 radical (unpaired) electrons. The lowest BCUT2D eigenvalue weighted by molar-refractivity contribution is 0.0696. The van der Waals surface area contributed by atoms with Gasteiger partial charge in [0.1, 0.15) is 6.29 Å². The minimum absolute atomic E-state index is 0. The zero-order chi connectivity index (χ0) is 8.27. The van der Waals surface area contributed by atoms with Gasteiger partial charge in [-0.25, -0.2) is 4.79 Å². The monoisotopic (exact) mass is 168 g/mol. The predicted octanol–water partition coefficient (Wildman–Crippen LogP) is 0.373. The van der Waals surface area contributed by atoms with Gasteiger partial charge >= 0.3 is 5.97 Å². The second-order valence-corrected chi connectivity index (χ2v) is 2.05. The molecule has 0 unspecified atom stereocenters. The van der Waals surface area contributed by atoms with Crippen LogP contribution in [-0.4, -0.2) is 22.8 Å². The van der Waals surface area contributed by atoms with E-state index in [-0.39, 0.29) is 11.0 Å². The summed E-state index contributed by atoms with van der Waals surface area (Å²) in [6.45, 7) is 0. The van der Waals surface area contributed by atoms with Crippen LogP contribution in [0.15, 0.2) is 24.3 Å². The van der Waals surface area contributed by atoms with Crippen LogP contribution in [0, 0.1) is 0 Å². The van der Waals surface area contributed by atoms with Gasteiger partial charge in [0.05, 0.1) is 5.56 Å². The topological polar surface area (TPSA) is 85.9 Å². The van der Waals surface area contributed by atoms with E-state index in [0.717, 1.165) is 0 Å². The van der Waals surface area contributed by atoms with Crippen molar-refractivity contribution in [3.8, 4) is 0 Å². The molecule has 0 aromatic heterocycles. The molecule has 0 bridgehead atoms. The molecule has 0 aliphatic rings. The zero-order valence-electron chi connectivity index (χ0n) is 6.15. The molecule has 0 fully saturated rings. The Labute approximate surface area is 68.8 Å². The SMILES string of the molecule is O.O=Cc1ccc(C(=O)O)cc1. The zero-order valence-corrected chi connectivity index (χ0v) is 6.15. The third-order valence-electron chi connectivity index (χ3n) is 1.29. The second-order valence-electron chi connectivity index (χ2n) is 2.05. The number of carbonyl (C=O) groups excluding carboxylic acids is 1. The van der Waals surface area contributed by atoms with Crippen LogP contribution < -0.4 is 0 Å². The maximum absolute atomic E-state index is 10.3. The Morgan fingerprint density at radius 3 is 2.08 bits per heavy atom. The number of carboxylic acid groups (broad SMARTS) is 1. The van der Waals surface area contributed by atoms with E-state index in [1.807, 2.05) is 0 Å². The second kappa shape index (κ2) is 4.25. The number of hydrogen-bond acceptors (Lipinski definition) is 2. The molecule has 4 nitrogen and oxygen atoms in total. The number of carboxylic acids is 1. The minimum Gasteiger partial charge on any atom is -0.478 e. The molecule has 0 spiro atoms. The smallest absolute Gasteiger partial charge is 0.335 e. The van der Waals surface area contributed by atoms with Gasteiger partial charge in [0, 0.05) is 5.56 Å². The Kier molecular flexibility index (Phi) is 3.66. The quantitative estimate of drug-likeness (QED) is 0.647. The van der Waals surface area contributed by atoms with Crippen LogP contribution in [0.25, 0.3) is 0 Å². The standard InChI is InChI=1S/C8H6O3.H2O/c9-5-6-1-3-7(4-2-6)8(10)11;/h1-5H,(H,10,11);1H2. The third-order valence-corrected chi connectivity index (χ3v) is 1.29. The number of benzene rings is 1. The fraction of sp³-hybridized carbons (Fsp3) is 0. The summed E-state index contributed by atoms with van der Waals surface area (Å²) in [5, 5.41) is 8.46. The lowest BCUT2D eigenvalue weighted by Gasteiger charge is -1.92. The average Bonchev–Trinajstić information content (AvgIpc) is 2.05. The number of aromatic carboxylic acids is 1. The van der Waals surface area contributed by atoms with E-state index in [9.17, 15) is 9.59 Å². The summed E-state index contributed by atoms with van der Waals surface area (Å²) < 4.78 is 0. The lowest BCUT2D eigenvalue weighted by Crippen LogP contribution is -1.95. The Bertz CT molecular complexity index is 276. The van der Waals surface area contributed by atoms with E-state index < -0.39 is 5.97 Å². The molecule has 1 aromatic carbocycles. The molecule has 0 atom stereocenters. The first kappa shape index (κ1) is 10.3. The summed E-state index contributed by atoms with van der Waals surface area (Å²) in [6, 6.07) is 5.73. The van der Waals surface area contributed by atoms with Gasteiger partial charge in [-0.1, -0.05) is 12.1 Å². The highest BCUT2D eigenvalue weighted by atomic mass is 16.4. The average molecular weight is 168 g/mol. The van der Waals surface area contributed by atoms with Gasteiger partial charge < -0.3 is 10.6 Å². The molecule has 64 valence electrons. The summed E-state index contributed by atoms with van der Waals surface area (Å²) in [5.74, 6) is -0.984. The minimum atomic E-state index is -0.984. The van der Waals surface area contributed by atoms with E-state index in [2.05, 4.69) is 0 Å². The molecule has 0 saturated heterocycles. The van der Waals surface area contributed by atoms with Crippen molar-refractivity contribution in [2.24, 2.45) is 0 Å². The number of aldehydes is 1. The van der Waals surface area contributed by atoms with E-state index in [1.165, 1.54) is 24.3 Å². The molecule has 0 aliphatic heterocycles. The first-order valence-electron chi connectivity index (χ1n) is 3.02. The van der Waals surface area contributed by atoms with Gasteiger partial charge in [0.15, 0.2) is 0 Å². The molecular weight excluding hydrogens is 160 g/mol. The molecule has 0 amide bonds. The molecule has 4 heteroatoms. The molecule has 1 aromatic rings. The van der Waals surface area contributed by atoms with Gasteiger partial charge in [-0.2, -0.15) is 0 Å². The van der Waals surface area contributed by atoms with Crippen molar-refractivity contribution in [2.45, 2.75) is 0 Å². The van der Waals surface area contributed by atoms with E-state index in [0.29, 0.717) is 11.8 Å². The summed E-state index contributed by atoms with van der Waals surface area (Å²) in [6.07, 6.45) is 0.672. The number of hydrogen-bond donors (Lipinski definition) is 1. The molecular formula is C8H8O4. The van der Waals surface area contributed by atoms with Gasteiger partial charge in [-0.3, -0.25) is 4.79 Å². The van der Waals surface area contributed by atoms with E-state index in [1.54, 1.807) is 0 Å². The van der Waals surface area contributed by atoms with Crippen molar-refractivity contribution in [3.63, 3.8) is 0 Å². The Balaban J connectivity index is 0.00000121. The summed E-state index contributed by atoms with van der Waals surface area (Å²) in [4.78, 5) is 20.5. The summed E-state index contributed by atoms with van der Waals surface area (Å²) in [7, 11) is 0. The van der Waals surface area contributed by atoms with Crippen molar-refractivity contribution >= 4 is 12.3 Å². The van der Waals surface area contributed by atoms with Gasteiger partial charge in [0.25, 0.3) is 0 Å². The normalized spacial score (nSPS) is 8.33. The molecule has 0 aliphatic carbocycles. The van der Waals surface area contributed by atoms with Crippen LogP contribution >= 0.6 is 0 Å². The number of carbonyl (C=O) groups is 2. The molecule has 1 rings (SSSR count). The van der Waals surface area contributed by atoms with E-state index in [4.69, 9.17) is 5.11 Å². The maximum atomic E-state index is 10.3. The summed E-state index contributed by atoms with van der Waals surface area (Å²) >= 11 is 0. The van der Waals surface area contributed by atoms with Gasteiger partial charge in [-0.05, 0) is 12.1 Å². The van der Waals surface area contributed by atoms with Crippen molar-refractivity contribution in [1.29, 1.82) is 0 Å². The first-order valence-corrected chi connectivity index (χ1v) is 3.02. The fourth-order valence-electron chi connectivity index (χ4n) is 0.704. The molecule has 0 heterocycles. The van der Waals surface area contributed by atoms with Crippen molar-refractivity contribution in [3.05, 3.63) is 35.4 Å². The highest BCUT2D eigenvalue weighted by Crippen LogP contribution is 2.01. The Morgan fingerprint density at radius 1 is 1.25 bits per heavy atom. The Morgan fingerprint density at radius 2 is 1.75 bits per heavy atom. The van der Waals surface area contributed by atoms with Crippen LogP contribution in [0.3, 0.4) is 0 Å². The van der Waals surface area contributed by atoms with Crippen molar-refractivity contribution in [2.75, 3.05) is 0 Å². The van der Waals surface area contributed by atoms with E-state index >= 15 is 0 Å². The Hall–Kier alpha value is -1.68. The summed E-state index contributed by atoms with van der Waals surface area (Å²) in [5.41, 5.74) is 0.672. The van der Waals surface area contributed by atoms with Crippen LogP contribution in [0.1, 0.15) is 20.7 Å². The highest BCUT2D eigenvalue weighted by molar-refractivity contribution is 5.88. The largest absolute Gasteiger partial charge is 0.478 e. The molecule has 0 saturated carbocycles. The van der Waals surface area contributed by atoms with Crippen LogP contribution in [-0.2, 0) is 0 Å². The van der Waals surface area contributed by atoms with Gasteiger partial charge in [0.2, 0.25) is 0 Å². The lowest BCUT2D eigenvalue weighted by atomic mass is 10.1. The van der Waals surface area contributed by atoms with Crippen LogP contribution in [0.2, 0.25) is 0 Å². The van der Waals surface area contributed by atoms with Crippen molar-refractivity contribution < 1.29 is 20.2 Å². The van der Waals surface area contributed by atoms with Crippen LogP contribution in [0.5, 0.6) is 0 Å². The highest BCUT2D eigenvalue weighted by Gasteiger charge is 1.99. The third kappa shape index (κ3) is 2.17. The molecule has 12 heavy (non-hydrogen) atoms.